The molecule has 2 aromatic carbocycles. The Kier molecular flexibility index (Phi) is 8.75. The topological polar surface area (TPSA) is 108 Å². The van der Waals surface area contributed by atoms with E-state index in [0.717, 1.165) is 12.0 Å². The average Bonchev–Trinajstić information content (AvgIpc) is 3.53. The summed E-state index contributed by atoms with van der Waals surface area (Å²) in [5.41, 5.74) is 2.00. The summed E-state index contributed by atoms with van der Waals surface area (Å²) in [6.45, 7) is 14.7. The number of rotatable bonds is 8. The van der Waals surface area contributed by atoms with Crippen molar-refractivity contribution in [1.29, 1.82) is 0 Å². The van der Waals surface area contributed by atoms with Crippen LogP contribution >= 0.6 is 0 Å². The highest BCUT2D eigenvalue weighted by molar-refractivity contribution is 5.99. The molecule has 3 N–H and O–H groups in total. The maximum atomic E-state index is 14.2. The summed E-state index contributed by atoms with van der Waals surface area (Å²) in [5.74, 6) is -0.669. The van der Waals surface area contributed by atoms with Crippen LogP contribution in [-0.4, -0.2) is 45.6 Å². The number of aromatic hydroxyl groups is 1. The van der Waals surface area contributed by atoms with E-state index < -0.39 is 23.8 Å². The molecule has 0 saturated heterocycles. The third kappa shape index (κ3) is 7.05. The molecule has 0 heterocycles. The first-order chi connectivity index (χ1) is 17.7. The van der Waals surface area contributed by atoms with Gasteiger partial charge in [0.25, 0.3) is 5.91 Å². The number of phenolic OH excluding ortho intramolecular Hbond substituents is 1. The number of ether oxygens (including phenoxy) is 1. The molecule has 1 aliphatic rings. The van der Waals surface area contributed by atoms with Gasteiger partial charge in [-0.2, -0.15) is 0 Å². The van der Waals surface area contributed by atoms with Crippen molar-refractivity contribution in [2.75, 3.05) is 5.32 Å². The second-order valence-corrected chi connectivity index (χ2v) is 11.6. The highest BCUT2D eigenvalue weighted by atomic mass is 16.6. The molecule has 0 bridgehead atoms. The maximum Gasteiger partial charge on any atom is 0.408 e. The van der Waals surface area contributed by atoms with Gasteiger partial charge in [-0.1, -0.05) is 45.0 Å². The van der Waals surface area contributed by atoms with Crippen LogP contribution in [0.3, 0.4) is 0 Å². The standard InChI is InChI=1S/C30H41N3O5/c1-17(2)25(32-29(37)38-30(6,7)8)28(36)33(23-16-19(23)4)26(21-13-14-24(34)20(5)15-21)27(35)31-22-12-10-9-11-18(22)3/h9-15,17,19,23,25-26,34H,16H2,1-8H3,(H,31,35)(H,32,37). The Labute approximate surface area is 225 Å². The number of alkyl carbamates (subject to hydrolysis) is 1. The van der Waals surface area contributed by atoms with E-state index >= 15 is 0 Å². The Morgan fingerprint density at radius 3 is 2.21 bits per heavy atom. The molecule has 4 atom stereocenters. The molecule has 0 radical (unpaired) electrons. The molecule has 1 aliphatic carbocycles. The fraction of sp³-hybridized carbons (Fsp3) is 0.500. The van der Waals surface area contributed by atoms with E-state index in [1.165, 1.54) is 6.07 Å². The highest BCUT2D eigenvalue weighted by Crippen LogP contribution is 2.42. The third-order valence-corrected chi connectivity index (χ3v) is 6.75. The van der Waals surface area contributed by atoms with Crippen LogP contribution in [0.15, 0.2) is 42.5 Å². The number of anilines is 1. The molecule has 8 nitrogen and oxygen atoms in total. The number of nitrogens with one attached hydrogen (secondary N) is 2. The lowest BCUT2D eigenvalue weighted by molar-refractivity contribution is -0.142. The van der Waals surface area contributed by atoms with Gasteiger partial charge < -0.3 is 25.4 Å². The van der Waals surface area contributed by atoms with Gasteiger partial charge in [-0.05, 0) is 87.8 Å². The van der Waals surface area contributed by atoms with Gasteiger partial charge in [0, 0.05) is 11.7 Å². The molecule has 8 heteroatoms. The first-order valence-corrected chi connectivity index (χ1v) is 13.2. The average molecular weight is 524 g/mol. The summed E-state index contributed by atoms with van der Waals surface area (Å²) in [5, 5.41) is 15.9. The van der Waals surface area contributed by atoms with E-state index in [1.807, 2.05) is 52.0 Å². The Balaban J connectivity index is 2.05. The lowest BCUT2D eigenvalue weighted by atomic mass is 9.97. The molecule has 2 aromatic rings. The number of para-hydroxylation sites is 1. The number of aryl methyl sites for hydroxylation is 2. The molecule has 4 unspecified atom stereocenters. The molecule has 0 spiro atoms. The number of carbonyl (C=O) groups excluding carboxylic acids is 3. The summed E-state index contributed by atoms with van der Waals surface area (Å²) in [6, 6.07) is 10.3. The number of amides is 3. The summed E-state index contributed by atoms with van der Waals surface area (Å²) < 4.78 is 5.43. The Morgan fingerprint density at radius 1 is 1.05 bits per heavy atom. The minimum absolute atomic E-state index is 0.108. The molecule has 0 aliphatic heterocycles. The minimum Gasteiger partial charge on any atom is -0.508 e. The maximum absolute atomic E-state index is 14.2. The lowest BCUT2D eigenvalue weighted by Gasteiger charge is -2.36. The summed E-state index contributed by atoms with van der Waals surface area (Å²) in [7, 11) is 0. The van der Waals surface area contributed by atoms with Gasteiger partial charge in [0.2, 0.25) is 5.91 Å². The van der Waals surface area contributed by atoms with Gasteiger partial charge in [-0.15, -0.1) is 0 Å². The number of carbonyl (C=O) groups is 3. The van der Waals surface area contributed by atoms with E-state index in [9.17, 15) is 19.5 Å². The summed E-state index contributed by atoms with van der Waals surface area (Å²) in [4.78, 5) is 42.5. The number of hydrogen-bond donors (Lipinski definition) is 3. The summed E-state index contributed by atoms with van der Waals surface area (Å²) >= 11 is 0. The molecule has 1 saturated carbocycles. The highest BCUT2D eigenvalue weighted by Gasteiger charge is 2.48. The fourth-order valence-electron chi connectivity index (χ4n) is 4.48. The van der Waals surface area contributed by atoms with Crippen molar-refractivity contribution in [3.8, 4) is 5.75 Å². The molecular formula is C30H41N3O5. The third-order valence-electron chi connectivity index (χ3n) is 6.75. The van der Waals surface area contributed by atoms with E-state index in [2.05, 4.69) is 10.6 Å². The molecule has 3 amide bonds. The first kappa shape index (κ1) is 29.0. The zero-order valence-corrected chi connectivity index (χ0v) is 23.7. The van der Waals surface area contributed by atoms with Gasteiger partial charge in [0.1, 0.15) is 23.4 Å². The smallest absolute Gasteiger partial charge is 0.408 e. The Morgan fingerprint density at radius 2 is 1.68 bits per heavy atom. The first-order valence-electron chi connectivity index (χ1n) is 13.2. The van der Waals surface area contributed by atoms with Gasteiger partial charge in [-0.3, -0.25) is 9.59 Å². The van der Waals surface area contributed by atoms with Crippen LogP contribution in [0.2, 0.25) is 0 Å². The van der Waals surface area contributed by atoms with Gasteiger partial charge in [-0.25, -0.2) is 4.79 Å². The number of nitrogens with zero attached hydrogens (tertiary/aromatic N) is 1. The molecule has 3 rings (SSSR count). The predicted molar refractivity (Wildman–Crippen MR) is 148 cm³/mol. The number of benzene rings is 2. The minimum atomic E-state index is -0.974. The Hall–Kier alpha value is -3.55. The van der Waals surface area contributed by atoms with Crippen LogP contribution in [0, 0.1) is 25.7 Å². The van der Waals surface area contributed by atoms with Crippen molar-refractivity contribution in [1.82, 2.24) is 10.2 Å². The normalized spacial score (nSPS) is 18.3. The zero-order valence-electron chi connectivity index (χ0n) is 23.7. The molecule has 0 aromatic heterocycles. The summed E-state index contributed by atoms with van der Waals surface area (Å²) in [6.07, 6.45) is 0.0588. The van der Waals surface area contributed by atoms with E-state index in [4.69, 9.17) is 4.74 Å². The molecule has 38 heavy (non-hydrogen) atoms. The van der Waals surface area contributed by atoms with Crippen LogP contribution in [-0.2, 0) is 14.3 Å². The molecule has 206 valence electrons. The SMILES string of the molecule is Cc1cc(C(C(=O)Nc2ccccc2C)N(C(=O)C(NC(=O)OC(C)(C)C)C(C)C)C2CC2C)ccc1O. The van der Waals surface area contributed by atoms with Crippen molar-refractivity contribution in [2.24, 2.45) is 11.8 Å². The quantitative estimate of drug-likeness (QED) is 0.425. The van der Waals surface area contributed by atoms with Crippen LogP contribution in [0.5, 0.6) is 5.75 Å². The van der Waals surface area contributed by atoms with E-state index in [0.29, 0.717) is 16.8 Å². The number of hydrogen-bond acceptors (Lipinski definition) is 5. The molecule has 1 fully saturated rings. The van der Waals surface area contributed by atoms with Crippen molar-refractivity contribution in [2.45, 2.75) is 85.5 Å². The van der Waals surface area contributed by atoms with Crippen LogP contribution in [0.1, 0.15) is 70.7 Å². The van der Waals surface area contributed by atoms with E-state index in [1.54, 1.807) is 44.7 Å². The van der Waals surface area contributed by atoms with Gasteiger partial charge in [0.15, 0.2) is 0 Å². The number of phenols is 1. The lowest BCUT2D eigenvalue weighted by Crippen LogP contribution is -2.55. The Bertz CT molecular complexity index is 1190. The van der Waals surface area contributed by atoms with Crippen molar-refractivity contribution in [3.63, 3.8) is 0 Å². The van der Waals surface area contributed by atoms with Crippen LogP contribution in [0.25, 0.3) is 0 Å². The van der Waals surface area contributed by atoms with Crippen molar-refractivity contribution >= 4 is 23.6 Å². The van der Waals surface area contributed by atoms with Crippen molar-refractivity contribution < 1.29 is 24.2 Å². The zero-order chi connectivity index (χ0) is 28.4. The molecular weight excluding hydrogens is 482 g/mol. The fourth-order valence-corrected chi connectivity index (χ4v) is 4.48. The monoisotopic (exact) mass is 523 g/mol. The second-order valence-electron chi connectivity index (χ2n) is 11.6. The van der Waals surface area contributed by atoms with Crippen LogP contribution in [0.4, 0.5) is 10.5 Å². The van der Waals surface area contributed by atoms with Crippen molar-refractivity contribution in [3.05, 3.63) is 59.2 Å². The predicted octanol–water partition coefficient (Wildman–Crippen LogP) is 5.48. The van der Waals surface area contributed by atoms with Gasteiger partial charge >= 0.3 is 6.09 Å². The van der Waals surface area contributed by atoms with Gasteiger partial charge in [0.05, 0.1) is 0 Å². The largest absolute Gasteiger partial charge is 0.508 e. The van der Waals surface area contributed by atoms with Crippen LogP contribution < -0.4 is 10.6 Å². The second kappa shape index (κ2) is 11.5. The van der Waals surface area contributed by atoms with E-state index in [-0.39, 0.29) is 35.4 Å².